The molecular formula is C20H23N5O. The standard InChI is InChI=1S/C20H23N5O/c1-3-24(2)19-9-7-18(8-10-19)20(26)22-12-16-5-4-6-17(11-16)13-25-15-21-14-23-25/h4-11,14-15H,3,12-13H2,1-2H3,(H,22,26). The molecule has 26 heavy (non-hydrogen) atoms. The summed E-state index contributed by atoms with van der Waals surface area (Å²) in [5.74, 6) is -0.0719. The van der Waals surface area contributed by atoms with Gasteiger partial charge in [-0.25, -0.2) is 9.67 Å². The van der Waals surface area contributed by atoms with Gasteiger partial charge in [-0.05, 0) is 42.3 Å². The molecule has 6 nitrogen and oxygen atoms in total. The van der Waals surface area contributed by atoms with E-state index in [9.17, 15) is 4.79 Å². The molecule has 3 rings (SSSR count). The lowest BCUT2D eigenvalue weighted by Crippen LogP contribution is -2.23. The highest BCUT2D eigenvalue weighted by atomic mass is 16.1. The predicted octanol–water partition coefficient (Wildman–Crippen LogP) is 2.71. The van der Waals surface area contributed by atoms with Gasteiger partial charge in [0.2, 0.25) is 0 Å². The number of rotatable bonds is 7. The fourth-order valence-electron chi connectivity index (χ4n) is 2.67. The first-order valence-electron chi connectivity index (χ1n) is 8.65. The van der Waals surface area contributed by atoms with Gasteiger partial charge < -0.3 is 10.2 Å². The maximum atomic E-state index is 12.4. The highest BCUT2D eigenvalue weighted by Gasteiger charge is 2.07. The average Bonchev–Trinajstić information content (AvgIpc) is 3.19. The second kappa shape index (κ2) is 8.29. The molecule has 1 heterocycles. The summed E-state index contributed by atoms with van der Waals surface area (Å²) in [6, 6.07) is 15.8. The Morgan fingerprint density at radius 3 is 2.62 bits per heavy atom. The smallest absolute Gasteiger partial charge is 0.251 e. The van der Waals surface area contributed by atoms with Crippen molar-refractivity contribution in [3.63, 3.8) is 0 Å². The Labute approximate surface area is 153 Å². The lowest BCUT2D eigenvalue weighted by molar-refractivity contribution is 0.0951. The SMILES string of the molecule is CCN(C)c1ccc(C(=O)NCc2cccc(Cn3cncn3)c2)cc1. The Bertz CT molecular complexity index is 843. The van der Waals surface area contributed by atoms with Crippen LogP contribution in [0, 0.1) is 0 Å². The number of aromatic nitrogens is 3. The van der Waals surface area contributed by atoms with Crippen molar-refractivity contribution < 1.29 is 4.79 Å². The van der Waals surface area contributed by atoms with Gasteiger partial charge in [0.25, 0.3) is 5.91 Å². The number of anilines is 1. The van der Waals surface area contributed by atoms with Crippen LogP contribution in [0.2, 0.25) is 0 Å². The molecule has 0 atom stereocenters. The fraction of sp³-hybridized carbons (Fsp3) is 0.250. The Hall–Kier alpha value is -3.15. The van der Waals surface area contributed by atoms with Crippen LogP contribution in [0.1, 0.15) is 28.4 Å². The third-order valence-corrected chi connectivity index (χ3v) is 4.30. The third kappa shape index (κ3) is 4.47. The van der Waals surface area contributed by atoms with Crippen molar-refractivity contribution >= 4 is 11.6 Å². The largest absolute Gasteiger partial charge is 0.375 e. The van der Waals surface area contributed by atoms with Crippen LogP contribution in [-0.2, 0) is 13.1 Å². The summed E-state index contributed by atoms with van der Waals surface area (Å²) in [5, 5.41) is 7.09. The summed E-state index contributed by atoms with van der Waals surface area (Å²) in [4.78, 5) is 18.4. The molecular weight excluding hydrogens is 326 g/mol. The van der Waals surface area contributed by atoms with Crippen LogP contribution >= 0.6 is 0 Å². The quantitative estimate of drug-likeness (QED) is 0.712. The van der Waals surface area contributed by atoms with E-state index in [1.165, 1.54) is 6.33 Å². The first-order chi connectivity index (χ1) is 12.7. The van der Waals surface area contributed by atoms with Gasteiger partial charge in [0.15, 0.2) is 0 Å². The van der Waals surface area contributed by atoms with E-state index < -0.39 is 0 Å². The summed E-state index contributed by atoms with van der Waals surface area (Å²) in [5.41, 5.74) is 3.94. The van der Waals surface area contributed by atoms with Crippen molar-refractivity contribution in [1.29, 1.82) is 0 Å². The number of nitrogens with one attached hydrogen (secondary N) is 1. The van der Waals surface area contributed by atoms with E-state index in [0.717, 1.165) is 23.4 Å². The van der Waals surface area contributed by atoms with Crippen LogP contribution in [0.5, 0.6) is 0 Å². The second-order valence-corrected chi connectivity index (χ2v) is 6.16. The zero-order valence-corrected chi connectivity index (χ0v) is 15.1. The van der Waals surface area contributed by atoms with Gasteiger partial charge in [0, 0.05) is 31.4 Å². The number of nitrogens with zero attached hydrogens (tertiary/aromatic N) is 4. The van der Waals surface area contributed by atoms with Gasteiger partial charge in [-0.1, -0.05) is 24.3 Å². The zero-order chi connectivity index (χ0) is 18.4. The van der Waals surface area contributed by atoms with Crippen LogP contribution in [0.4, 0.5) is 5.69 Å². The van der Waals surface area contributed by atoms with Gasteiger partial charge in [-0.2, -0.15) is 5.10 Å². The van der Waals surface area contributed by atoms with Crippen LogP contribution < -0.4 is 10.2 Å². The molecule has 0 aliphatic rings. The number of carbonyl (C=O) groups excluding carboxylic acids is 1. The Balaban J connectivity index is 1.59. The molecule has 0 unspecified atom stereocenters. The normalized spacial score (nSPS) is 10.5. The molecule has 1 amide bonds. The van der Waals surface area contributed by atoms with E-state index in [2.05, 4.69) is 33.3 Å². The van der Waals surface area contributed by atoms with Gasteiger partial charge in [-0.15, -0.1) is 0 Å². The van der Waals surface area contributed by atoms with E-state index in [1.54, 1.807) is 11.0 Å². The number of carbonyl (C=O) groups is 1. The van der Waals surface area contributed by atoms with E-state index in [4.69, 9.17) is 0 Å². The summed E-state index contributed by atoms with van der Waals surface area (Å²) in [7, 11) is 2.03. The molecule has 0 aliphatic carbocycles. The van der Waals surface area contributed by atoms with Gasteiger partial charge in [-0.3, -0.25) is 4.79 Å². The first kappa shape index (κ1) is 17.7. The van der Waals surface area contributed by atoms with Gasteiger partial charge in [0.05, 0.1) is 6.54 Å². The number of benzene rings is 2. The molecule has 3 aromatic rings. The summed E-state index contributed by atoms with van der Waals surface area (Å²) in [6.07, 6.45) is 3.21. The van der Waals surface area contributed by atoms with E-state index in [-0.39, 0.29) is 5.91 Å². The Morgan fingerprint density at radius 1 is 1.15 bits per heavy atom. The number of hydrogen-bond acceptors (Lipinski definition) is 4. The molecule has 6 heteroatoms. The van der Waals surface area contributed by atoms with Gasteiger partial charge in [0.1, 0.15) is 12.7 Å². The molecule has 0 saturated heterocycles. The average molecular weight is 349 g/mol. The molecule has 0 aliphatic heterocycles. The molecule has 134 valence electrons. The summed E-state index contributed by atoms with van der Waals surface area (Å²) < 4.78 is 1.77. The highest BCUT2D eigenvalue weighted by Crippen LogP contribution is 2.14. The van der Waals surface area contributed by atoms with Crippen LogP contribution in [0.15, 0.2) is 61.2 Å². The molecule has 1 N–H and O–H groups in total. The topological polar surface area (TPSA) is 63.1 Å². The predicted molar refractivity (Wildman–Crippen MR) is 102 cm³/mol. The lowest BCUT2D eigenvalue weighted by Gasteiger charge is -2.16. The second-order valence-electron chi connectivity index (χ2n) is 6.16. The molecule has 0 spiro atoms. The molecule has 1 aromatic heterocycles. The van der Waals surface area contributed by atoms with Crippen molar-refractivity contribution in [3.05, 3.63) is 77.9 Å². The monoisotopic (exact) mass is 349 g/mol. The molecule has 0 fully saturated rings. The number of hydrogen-bond donors (Lipinski definition) is 1. The molecule has 0 bridgehead atoms. The molecule has 2 aromatic carbocycles. The number of amides is 1. The Kier molecular flexibility index (Phi) is 5.63. The van der Waals surface area contributed by atoms with Crippen LogP contribution in [0.3, 0.4) is 0 Å². The van der Waals surface area contributed by atoms with Crippen molar-refractivity contribution in [2.24, 2.45) is 0 Å². The zero-order valence-electron chi connectivity index (χ0n) is 15.1. The minimum atomic E-state index is -0.0719. The fourth-order valence-corrected chi connectivity index (χ4v) is 2.67. The lowest BCUT2D eigenvalue weighted by atomic mass is 10.1. The minimum Gasteiger partial charge on any atom is -0.375 e. The maximum Gasteiger partial charge on any atom is 0.251 e. The van der Waals surface area contributed by atoms with Crippen LogP contribution in [0.25, 0.3) is 0 Å². The molecule has 0 radical (unpaired) electrons. The van der Waals surface area contributed by atoms with Crippen molar-refractivity contribution in [2.45, 2.75) is 20.0 Å². The summed E-state index contributed by atoms with van der Waals surface area (Å²) >= 11 is 0. The molecule has 0 saturated carbocycles. The van der Waals surface area contributed by atoms with E-state index in [0.29, 0.717) is 18.7 Å². The van der Waals surface area contributed by atoms with Crippen molar-refractivity contribution in [2.75, 3.05) is 18.5 Å². The van der Waals surface area contributed by atoms with Gasteiger partial charge >= 0.3 is 0 Å². The first-order valence-corrected chi connectivity index (χ1v) is 8.65. The van der Waals surface area contributed by atoms with E-state index >= 15 is 0 Å². The third-order valence-electron chi connectivity index (χ3n) is 4.30. The minimum absolute atomic E-state index is 0.0719. The maximum absolute atomic E-state index is 12.4. The van der Waals surface area contributed by atoms with Crippen LogP contribution in [-0.4, -0.2) is 34.3 Å². The highest BCUT2D eigenvalue weighted by molar-refractivity contribution is 5.94. The Morgan fingerprint density at radius 2 is 1.92 bits per heavy atom. The van der Waals surface area contributed by atoms with Crippen molar-refractivity contribution in [1.82, 2.24) is 20.1 Å². The van der Waals surface area contributed by atoms with E-state index in [1.807, 2.05) is 49.5 Å². The summed E-state index contributed by atoms with van der Waals surface area (Å²) in [6.45, 7) is 4.17. The van der Waals surface area contributed by atoms with Crippen molar-refractivity contribution in [3.8, 4) is 0 Å².